The maximum Gasteiger partial charge on any atom is 0.324 e. The van der Waals surface area contributed by atoms with Crippen LogP contribution in [-0.4, -0.2) is 53.3 Å². The van der Waals surface area contributed by atoms with Crippen molar-refractivity contribution in [1.29, 1.82) is 0 Å². The molecule has 0 atom stereocenters. The minimum absolute atomic E-state index is 0. The molecule has 0 unspecified atom stereocenters. The van der Waals surface area contributed by atoms with Crippen molar-refractivity contribution in [2.45, 2.75) is 18.9 Å². The Balaban J connectivity index is 0.00000280. The van der Waals surface area contributed by atoms with Gasteiger partial charge in [-0.1, -0.05) is 23.7 Å². The van der Waals surface area contributed by atoms with Gasteiger partial charge in [-0.3, -0.25) is 10.1 Å². The fraction of sp³-hybridized carbons (Fsp3) is 0.389. The van der Waals surface area contributed by atoms with Crippen LogP contribution in [-0.2, 0) is 4.79 Å². The van der Waals surface area contributed by atoms with Crippen molar-refractivity contribution in [1.82, 2.24) is 20.0 Å². The molecule has 1 aliphatic heterocycles. The van der Waals surface area contributed by atoms with Crippen molar-refractivity contribution >= 4 is 47.5 Å². The second kappa shape index (κ2) is 10.3. The van der Waals surface area contributed by atoms with E-state index < -0.39 is 0 Å². The van der Waals surface area contributed by atoms with Crippen molar-refractivity contribution in [3.8, 4) is 0 Å². The highest BCUT2D eigenvalue weighted by Crippen LogP contribution is 2.26. The summed E-state index contributed by atoms with van der Waals surface area (Å²) in [4.78, 5) is 26.1. The second-order valence-corrected chi connectivity index (χ2v) is 6.77. The Morgan fingerprint density at radius 1 is 1.18 bits per heavy atom. The number of hydrogen-bond acceptors (Lipinski definition) is 4. The lowest BCUT2D eigenvalue weighted by Crippen LogP contribution is -2.43. The van der Waals surface area contributed by atoms with Crippen molar-refractivity contribution in [2.24, 2.45) is 0 Å². The quantitative estimate of drug-likeness (QED) is 0.684. The molecule has 0 bridgehead atoms. The number of rotatable bonds is 5. The largest absolute Gasteiger partial charge is 0.341 e. The van der Waals surface area contributed by atoms with Gasteiger partial charge in [0.25, 0.3) is 0 Å². The zero-order valence-corrected chi connectivity index (χ0v) is 17.1. The van der Waals surface area contributed by atoms with Crippen LogP contribution in [0.2, 0.25) is 5.02 Å². The Kier molecular flexibility index (Phi) is 8.10. The summed E-state index contributed by atoms with van der Waals surface area (Å²) < 4.78 is 1.81. The number of benzene rings is 1. The number of urea groups is 1. The Morgan fingerprint density at radius 2 is 1.89 bits per heavy atom. The average molecular weight is 427 g/mol. The van der Waals surface area contributed by atoms with Crippen molar-refractivity contribution in [3.05, 3.63) is 41.6 Å². The normalized spacial score (nSPS) is 14.3. The molecule has 1 aromatic heterocycles. The summed E-state index contributed by atoms with van der Waals surface area (Å²) in [7, 11) is 1.76. The van der Waals surface area contributed by atoms with E-state index in [9.17, 15) is 9.59 Å². The Labute approximate surface area is 175 Å². The maximum absolute atomic E-state index is 12.3. The summed E-state index contributed by atoms with van der Waals surface area (Å²) in [6.45, 7) is 1.70. The molecule has 1 fully saturated rings. The molecular weight excluding hydrogens is 403 g/mol. The number of aromatic nitrogens is 2. The van der Waals surface area contributed by atoms with E-state index in [2.05, 4.69) is 21.0 Å². The molecule has 0 aliphatic carbocycles. The van der Waals surface area contributed by atoms with Gasteiger partial charge in [0.15, 0.2) is 0 Å². The lowest BCUT2D eigenvalue weighted by molar-refractivity contribution is -0.131. The summed E-state index contributed by atoms with van der Waals surface area (Å²) in [5.41, 5.74) is 0.541. The van der Waals surface area contributed by atoms with Crippen LogP contribution in [0, 0.1) is 0 Å². The third-order valence-corrected chi connectivity index (χ3v) is 4.85. The number of nitrogens with zero attached hydrogens (tertiary/aromatic N) is 3. The van der Waals surface area contributed by atoms with Crippen LogP contribution >= 0.6 is 24.0 Å². The van der Waals surface area contributed by atoms with Gasteiger partial charge in [0, 0.05) is 19.2 Å². The molecule has 0 saturated carbocycles. The van der Waals surface area contributed by atoms with Gasteiger partial charge in [-0.25, -0.2) is 9.48 Å². The summed E-state index contributed by atoms with van der Waals surface area (Å²) >= 11 is 6.07. The second-order valence-electron chi connectivity index (χ2n) is 6.36. The summed E-state index contributed by atoms with van der Waals surface area (Å²) in [6, 6.07) is 8.55. The van der Waals surface area contributed by atoms with E-state index in [1.807, 2.05) is 9.58 Å². The molecule has 2 heterocycles. The SMILES string of the molecule is CNCC(=O)N1CCC(n2nccc2NC(=O)Nc2ccccc2Cl)CC1.Cl. The lowest BCUT2D eigenvalue weighted by Gasteiger charge is -2.32. The standard InChI is InChI=1S/C18H23ClN6O2.ClH/c1-20-12-17(26)24-10-7-13(8-11-24)25-16(6-9-21-25)23-18(27)22-15-5-3-2-4-14(15)19;/h2-6,9,13,20H,7-8,10-12H2,1H3,(H2,22,23,27);1H. The number of likely N-dealkylation sites (tertiary alicyclic amines) is 1. The predicted octanol–water partition coefficient (Wildman–Crippen LogP) is 2.99. The van der Waals surface area contributed by atoms with E-state index in [0.29, 0.717) is 36.2 Å². The van der Waals surface area contributed by atoms with E-state index in [4.69, 9.17) is 11.6 Å². The number of amides is 3. The van der Waals surface area contributed by atoms with Crippen LogP contribution in [0.25, 0.3) is 0 Å². The minimum Gasteiger partial charge on any atom is -0.341 e. The number of likely N-dealkylation sites (N-methyl/N-ethyl adjacent to an activating group) is 1. The van der Waals surface area contributed by atoms with E-state index in [1.54, 1.807) is 43.6 Å². The topological polar surface area (TPSA) is 91.3 Å². The molecule has 28 heavy (non-hydrogen) atoms. The van der Waals surface area contributed by atoms with E-state index in [1.165, 1.54) is 0 Å². The highest BCUT2D eigenvalue weighted by molar-refractivity contribution is 6.33. The summed E-state index contributed by atoms with van der Waals surface area (Å²) in [5, 5.41) is 13.3. The number of carbonyl (C=O) groups excluding carboxylic acids is 2. The first-order chi connectivity index (χ1) is 13.1. The molecule has 1 aliphatic rings. The molecule has 3 N–H and O–H groups in total. The van der Waals surface area contributed by atoms with Crippen LogP contribution < -0.4 is 16.0 Å². The van der Waals surface area contributed by atoms with Crippen molar-refractivity contribution < 1.29 is 9.59 Å². The molecule has 2 aromatic rings. The fourth-order valence-corrected chi connectivity index (χ4v) is 3.34. The molecule has 0 spiro atoms. The number of para-hydroxylation sites is 1. The van der Waals surface area contributed by atoms with Gasteiger partial charge in [-0.05, 0) is 32.0 Å². The molecule has 3 amide bonds. The molecule has 10 heteroatoms. The number of nitrogens with one attached hydrogen (secondary N) is 3. The van der Waals surface area contributed by atoms with Gasteiger partial charge in [-0.2, -0.15) is 5.10 Å². The number of halogens is 2. The van der Waals surface area contributed by atoms with Crippen LogP contribution in [0.3, 0.4) is 0 Å². The zero-order chi connectivity index (χ0) is 19.2. The molecule has 1 saturated heterocycles. The highest BCUT2D eigenvalue weighted by atomic mass is 35.5. The van der Waals surface area contributed by atoms with E-state index in [-0.39, 0.29) is 30.4 Å². The smallest absolute Gasteiger partial charge is 0.324 e. The third-order valence-electron chi connectivity index (χ3n) is 4.53. The monoisotopic (exact) mass is 426 g/mol. The first-order valence-corrected chi connectivity index (χ1v) is 9.24. The number of hydrogen-bond donors (Lipinski definition) is 3. The Bertz CT molecular complexity index is 805. The maximum atomic E-state index is 12.3. The van der Waals surface area contributed by atoms with Crippen LogP contribution in [0.15, 0.2) is 36.5 Å². The lowest BCUT2D eigenvalue weighted by atomic mass is 10.1. The molecule has 3 rings (SSSR count). The molecular formula is C18H24Cl2N6O2. The van der Waals surface area contributed by atoms with Crippen LogP contribution in [0.5, 0.6) is 0 Å². The number of piperidine rings is 1. The average Bonchev–Trinajstić information content (AvgIpc) is 3.12. The van der Waals surface area contributed by atoms with Gasteiger partial charge in [0.2, 0.25) is 5.91 Å². The van der Waals surface area contributed by atoms with E-state index >= 15 is 0 Å². The van der Waals surface area contributed by atoms with Gasteiger partial charge < -0.3 is 15.5 Å². The van der Waals surface area contributed by atoms with Crippen molar-refractivity contribution in [2.75, 3.05) is 37.3 Å². The van der Waals surface area contributed by atoms with Crippen molar-refractivity contribution in [3.63, 3.8) is 0 Å². The molecule has 0 radical (unpaired) electrons. The number of anilines is 2. The van der Waals surface area contributed by atoms with Crippen LogP contribution in [0.4, 0.5) is 16.3 Å². The first-order valence-electron chi connectivity index (χ1n) is 8.87. The third kappa shape index (κ3) is 5.37. The molecule has 152 valence electrons. The zero-order valence-electron chi connectivity index (χ0n) is 15.5. The van der Waals surface area contributed by atoms with Gasteiger partial charge >= 0.3 is 6.03 Å². The Morgan fingerprint density at radius 3 is 2.57 bits per heavy atom. The van der Waals surface area contributed by atoms with Gasteiger partial charge in [-0.15, -0.1) is 12.4 Å². The minimum atomic E-state index is -0.383. The Hall–Kier alpha value is -2.29. The van der Waals surface area contributed by atoms with E-state index in [0.717, 1.165) is 12.8 Å². The van der Waals surface area contributed by atoms with Gasteiger partial charge in [0.1, 0.15) is 5.82 Å². The van der Waals surface area contributed by atoms with Crippen LogP contribution in [0.1, 0.15) is 18.9 Å². The molecule has 8 nitrogen and oxygen atoms in total. The first kappa shape index (κ1) is 22.0. The molecule has 1 aromatic carbocycles. The fourth-order valence-electron chi connectivity index (χ4n) is 3.16. The highest BCUT2D eigenvalue weighted by Gasteiger charge is 2.25. The summed E-state index contributed by atoms with van der Waals surface area (Å²) in [5.74, 6) is 0.716. The van der Waals surface area contributed by atoms with Gasteiger partial charge in [0.05, 0.1) is 29.5 Å². The summed E-state index contributed by atoms with van der Waals surface area (Å²) in [6.07, 6.45) is 3.24. The number of carbonyl (C=O) groups is 2. The predicted molar refractivity (Wildman–Crippen MR) is 112 cm³/mol.